The van der Waals surface area contributed by atoms with Crippen LogP contribution in [0.15, 0.2) is 0 Å². The summed E-state index contributed by atoms with van der Waals surface area (Å²) in [7, 11) is 0. The fourth-order valence-electron chi connectivity index (χ4n) is 7.69. The molecular formula is C21H32F2O. The standard InChI is InChI=1S/C21H32F2O/c1-12-4-6-15-14(10-12)5-7-16-17(15)11-21(22,23)20(3)18(13(2)24)8-9-19(16)20/h12,14-19H,4-11H2,1-3H3. The summed E-state index contributed by atoms with van der Waals surface area (Å²) < 4.78 is 30.8. The molecule has 0 bridgehead atoms. The Labute approximate surface area is 145 Å². The molecule has 0 heterocycles. The van der Waals surface area contributed by atoms with E-state index in [0.717, 1.165) is 25.2 Å². The van der Waals surface area contributed by atoms with Crippen LogP contribution >= 0.6 is 0 Å². The van der Waals surface area contributed by atoms with E-state index in [1.807, 2.05) is 0 Å². The molecule has 4 fully saturated rings. The third-order valence-electron chi connectivity index (χ3n) is 8.82. The van der Waals surface area contributed by atoms with Gasteiger partial charge in [-0.3, -0.25) is 4.79 Å². The van der Waals surface area contributed by atoms with Gasteiger partial charge in [-0.1, -0.05) is 20.3 Å². The van der Waals surface area contributed by atoms with Crippen LogP contribution in [0.1, 0.15) is 72.1 Å². The zero-order valence-electron chi connectivity index (χ0n) is 15.4. The zero-order valence-corrected chi connectivity index (χ0v) is 15.4. The van der Waals surface area contributed by atoms with Crippen molar-refractivity contribution in [1.29, 1.82) is 0 Å². The molecule has 136 valence electrons. The molecule has 24 heavy (non-hydrogen) atoms. The smallest absolute Gasteiger partial charge is 0.254 e. The summed E-state index contributed by atoms with van der Waals surface area (Å²) >= 11 is 0. The fraction of sp³-hybridized carbons (Fsp3) is 0.952. The number of hydrogen-bond acceptors (Lipinski definition) is 1. The SMILES string of the molecule is CC(=O)C1CCC2C3CCC4CC(C)CCC4C3CC(F)(F)C12C. The van der Waals surface area contributed by atoms with Gasteiger partial charge in [0.1, 0.15) is 5.78 Å². The van der Waals surface area contributed by atoms with Gasteiger partial charge in [0, 0.05) is 17.8 Å². The van der Waals surface area contributed by atoms with Gasteiger partial charge in [0.25, 0.3) is 5.92 Å². The highest BCUT2D eigenvalue weighted by Crippen LogP contribution is 2.69. The first-order valence-electron chi connectivity index (χ1n) is 10.1. The van der Waals surface area contributed by atoms with Crippen LogP contribution in [-0.2, 0) is 4.79 Å². The van der Waals surface area contributed by atoms with Gasteiger partial charge in [0.2, 0.25) is 0 Å². The van der Waals surface area contributed by atoms with Crippen LogP contribution in [0, 0.1) is 46.8 Å². The summed E-state index contributed by atoms with van der Waals surface area (Å²) in [5, 5.41) is 0. The van der Waals surface area contributed by atoms with Crippen molar-refractivity contribution >= 4 is 5.78 Å². The molecule has 3 heteroatoms. The van der Waals surface area contributed by atoms with Crippen molar-refractivity contribution in [1.82, 2.24) is 0 Å². The second-order valence-corrected chi connectivity index (χ2v) is 9.79. The van der Waals surface area contributed by atoms with Gasteiger partial charge in [-0.25, -0.2) is 8.78 Å². The van der Waals surface area contributed by atoms with Crippen LogP contribution in [0.25, 0.3) is 0 Å². The van der Waals surface area contributed by atoms with Crippen molar-refractivity contribution < 1.29 is 13.6 Å². The van der Waals surface area contributed by atoms with Gasteiger partial charge in [0.05, 0.1) is 0 Å². The lowest BCUT2D eigenvalue weighted by atomic mass is 9.48. The van der Waals surface area contributed by atoms with Crippen molar-refractivity contribution in [3.63, 3.8) is 0 Å². The van der Waals surface area contributed by atoms with Crippen molar-refractivity contribution in [3.05, 3.63) is 0 Å². The van der Waals surface area contributed by atoms with Crippen molar-refractivity contribution in [2.75, 3.05) is 0 Å². The molecule has 0 spiro atoms. The van der Waals surface area contributed by atoms with E-state index >= 15 is 8.78 Å². The zero-order chi connectivity index (χ0) is 17.3. The number of halogens is 2. The van der Waals surface area contributed by atoms with Gasteiger partial charge < -0.3 is 0 Å². The van der Waals surface area contributed by atoms with Gasteiger partial charge in [-0.15, -0.1) is 0 Å². The molecular weight excluding hydrogens is 306 g/mol. The third-order valence-corrected chi connectivity index (χ3v) is 8.82. The van der Waals surface area contributed by atoms with Crippen molar-refractivity contribution in [2.24, 2.45) is 46.8 Å². The predicted molar refractivity (Wildman–Crippen MR) is 90.8 cm³/mol. The normalized spacial score (nSPS) is 53.0. The summed E-state index contributed by atoms with van der Waals surface area (Å²) in [4.78, 5) is 12.1. The maximum absolute atomic E-state index is 15.4. The number of fused-ring (bicyclic) bond motifs is 5. The lowest BCUT2D eigenvalue weighted by Gasteiger charge is -2.58. The summed E-state index contributed by atoms with van der Waals surface area (Å²) in [6, 6.07) is 0. The van der Waals surface area contributed by atoms with Crippen LogP contribution in [0.5, 0.6) is 0 Å². The van der Waals surface area contributed by atoms with Gasteiger partial charge >= 0.3 is 0 Å². The third kappa shape index (κ3) is 2.18. The van der Waals surface area contributed by atoms with Crippen LogP contribution < -0.4 is 0 Å². The highest BCUT2D eigenvalue weighted by Gasteiger charge is 2.69. The largest absolute Gasteiger partial charge is 0.300 e. The minimum absolute atomic E-state index is 0.0155. The van der Waals surface area contributed by atoms with E-state index in [-0.39, 0.29) is 24.0 Å². The van der Waals surface area contributed by atoms with E-state index in [0.29, 0.717) is 24.2 Å². The number of alkyl halides is 2. The van der Waals surface area contributed by atoms with E-state index in [4.69, 9.17) is 0 Å². The van der Waals surface area contributed by atoms with Gasteiger partial charge in [0.15, 0.2) is 0 Å². The Balaban J connectivity index is 1.67. The fourth-order valence-corrected chi connectivity index (χ4v) is 7.69. The first-order chi connectivity index (χ1) is 11.3. The molecule has 0 amide bonds. The van der Waals surface area contributed by atoms with Crippen molar-refractivity contribution in [2.45, 2.75) is 78.1 Å². The van der Waals surface area contributed by atoms with Crippen LogP contribution in [0.3, 0.4) is 0 Å². The first-order valence-corrected chi connectivity index (χ1v) is 10.1. The molecule has 4 aliphatic carbocycles. The maximum Gasteiger partial charge on any atom is 0.254 e. The molecule has 4 saturated carbocycles. The average Bonchev–Trinajstić information content (AvgIpc) is 2.86. The monoisotopic (exact) mass is 338 g/mol. The summed E-state index contributed by atoms with van der Waals surface area (Å²) in [6.45, 7) is 5.60. The first kappa shape index (κ1) is 17.0. The molecule has 0 N–H and O–H groups in total. The maximum atomic E-state index is 15.4. The Morgan fingerprint density at radius 2 is 1.67 bits per heavy atom. The Hall–Kier alpha value is -0.470. The molecule has 0 radical (unpaired) electrons. The number of rotatable bonds is 1. The van der Waals surface area contributed by atoms with Gasteiger partial charge in [-0.2, -0.15) is 0 Å². The average molecular weight is 338 g/mol. The lowest BCUT2D eigenvalue weighted by Crippen LogP contribution is -2.59. The Morgan fingerprint density at radius 1 is 0.958 bits per heavy atom. The summed E-state index contributed by atoms with van der Waals surface area (Å²) in [5.41, 5.74) is -1.09. The van der Waals surface area contributed by atoms with Crippen molar-refractivity contribution in [3.8, 4) is 0 Å². The number of Topliss-reactive ketones (excluding diaryl/α,β-unsaturated/α-hetero) is 1. The van der Waals surface area contributed by atoms with E-state index in [1.54, 1.807) is 6.92 Å². The van der Waals surface area contributed by atoms with Crippen LogP contribution in [0.4, 0.5) is 8.78 Å². The number of ketones is 1. The topological polar surface area (TPSA) is 17.1 Å². The molecule has 8 unspecified atom stereocenters. The number of hydrogen-bond donors (Lipinski definition) is 0. The molecule has 0 aromatic rings. The summed E-state index contributed by atoms with van der Waals surface area (Å²) in [6.07, 6.45) is 7.54. The van der Waals surface area contributed by atoms with E-state index in [9.17, 15) is 4.79 Å². The Kier molecular flexibility index (Phi) is 3.90. The number of carbonyl (C=O) groups excluding carboxylic acids is 1. The quantitative estimate of drug-likeness (QED) is 0.597. The second-order valence-electron chi connectivity index (χ2n) is 9.79. The predicted octanol–water partition coefficient (Wildman–Crippen LogP) is 5.73. The lowest BCUT2D eigenvalue weighted by molar-refractivity contribution is -0.225. The van der Waals surface area contributed by atoms with Gasteiger partial charge in [-0.05, 0) is 81.0 Å². The summed E-state index contributed by atoms with van der Waals surface area (Å²) in [5.74, 6) is -0.459. The highest BCUT2D eigenvalue weighted by molar-refractivity contribution is 5.79. The Morgan fingerprint density at radius 3 is 2.38 bits per heavy atom. The molecule has 4 rings (SSSR count). The Bertz CT molecular complexity index is 530. The molecule has 1 nitrogen and oxygen atoms in total. The second kappa shape index (κ2) is 5.51. The molecule has 0 aromatic heterocycles. The van der Waals surface area contributed by atoms with E-state index < -0.39 is 17.3 Å². The molecule has 8 atom stereocenters. The minimum atomic E-state index is -2.68. The number of carbonyl (C=O) groups is 1. The van der Waals surface area contributed by atoms with E-state index in [1.165, 1.54) is 26.2 Å². The van der Waals surface area contributed by atoms with Crippen LogP contribution in [0.2, 0.25) is 0 Å². The molecule has 0 aliphatic heterocycles. The molecule has 0 saturated heterocycles. The van der Waals surface area contributed by atoms with E-state index in [2.05, 4.69) is 6.92 Å². The molecule has 4 aliphatic rings. The highest BCUT2D eigenvalue weighted by atomic mass is 19.3. The molecule has 0 aromatic carbocycles. The minimum Gasteiger partial charge on any atom is -0.300 e. The van der Waals surface area contributed by atoms with Crippen LogP contribution in [-0.4, -0.2) is 11.7 Å².